The normalized spacial score (nSPS) is 9.38. The Morgan fingerprint density at radius 1 is 1.06 bits per heavy atom. The van der Waals surface area contributed by atoms with Gasteiger partial charge in [0.2, 0.25) is 11.8 Å². The van der Waals surface area contributed by atoms with Crippen molar-refractivity contribution in [3.63, 3.8) is 0 Å². The first-order valence-corrected chi connectivity index (χ1v) is 5.54. The lowest BCUT2D eigenvalue weighted by atomic mass is 10.4. The molecule has 0 fully saturated rings. The molecule has 0 aliphatic carbocycles. The fourth-order valence-electron chi connectivity index (χ4n) is 0.847. The molecule has 0 atom stereocenters. The summed E-state index contributed by atoms with van der Waals surface area (Å²) in [6.45, 7) is 2.75. The maximum atomic E-state index is 11.1. The molecule has 0 aromatic rings. The summed E-state index contributed by atoms with van der Waals surface area (Å²) >= 11 is 5.18. The van der Waals surface area contributed by atoms with E-state index in [1.54, 1.807) is 0 Å². The van der Waals surface area contributed by atoms with E-state index in [2.05, 4.69) is 10.6 Å². The first-order valence-electron chi connectivity index (χ1n) is 5.00. The Hall–Kier alpha value is -1.30. The van der Waals surface area contributed by atoms with Crippen molar-refractivity contribution in [2.45, 2.75) is 19.8 Å². The van der Waals surface area contributed by atoms with Gasteiger partial charge in [-0.25, -0.2) is 4.79 Å². The monoisotopic (exact) mass is 249 g/mol. The van der Waals surface area contributed by atoms with Crippen molar-refractivity contribution in [3.05, 3.63) is 0 Å². The number of hydrogen-bond donors (Lipinski definition) is 3. The molecule has 0 unspecified atom stereocenters. The van der Waals surface area contributed by atoms with Gasteiger partial charge in [0.25, 0.3) is 0 Å². The zero-order chi connectivity index (χ0) is 12.4. The van der Waals surface area contributed by atoms with Gasteiger partial charge in [0.1, 0.15) is 5.88 Å². The molecule has 0 aliphatic heterocycles. The van der Waals surface area contributed by atoms with E-state index in [4.69, 9.17) is 11.6 Å². The predicted octanol–water partition coefficient (Wildman–Crippen LogP) is -0.0327. The van der Waals surface area contributed by atoms with Gasteiger partial charge in [0.15, 0.2) is 0 Å². The van der Waals surface area contributed by atoms with Crippen LogP contribution in [0, 0.1) is 0 Å². The maximum Gasteiger partial charge on any atom is 0.321 e. The number of urea groups is 1. The molecule has 3 N–H and O–H groups in total. The summed E-state index contributed by atoms with van der Waals surface area (Å²) in [6.07, 6.45) is 1.05. The minimum Gasteiger partial charge on any atom is -0.356 e. The third kappa shape index (κ3) is 8.05. The van der Waals surface area contributed by atoms with Crippen LogP contribution in [0.1, 0.15) is 19.8 Å². The van der Waals surface area contributed by atoms with E-state index in [9.17, 15) is 14.4 Å². The number of imide groups is 1. The molecule has 0 radical (unpaired) electrons. The molecular weight excluding hydrogens is 234 g/mol. The Balaban J connectivity index is 3.54. The highest BCUT2D eigenvalue weighted by atomic mass is 35.5. The van der Waals surface area contributed by atoms with Gasteiger partial charge in [-0.05, 0) is 6.42 Å². The van der Waals surface area contributed by atoms with Crippen LogP contribution >= 0.6 is 11.6 Å². The minimum absolute atomic E-state index is 0.134. The molecule has 0 aliphatic rings. The van der Waals surface area contributed by atoms with Crippen LogP contribution in [-0.2, 0) is 9.59 Å². The molecule has 92 valence electrons. The highest BCUT2D eigenvalue weighted by Crippen LogP contribution is 1.80. The molecule has 0 bridgehead atoms. The molecule has 6 nitrogen and oxygen atoms in total. The van der Waals surface area contributed by atoms with Gasteiger partial charge in [-0.15, -0.1) is 11.6 Å². The summed E-state index contributed by atoms with van der Waals surface area (Å²) in [5, 5.41) is 7.02. The summed E-state index contributed by atoms with van der Waals surface area (Å²) in [5.41, 5.74) is 0. The van der Waals surface area contributed by atoms with Crippen LogP contribution in [0.2, 0.25) is 0 Å². The van der Waals surface area contributed by atoms with Gasteiger partial charge in [-0.3, -0.25) is 14.9 Å². The topological polar surface area (TPSA) is 87.3 Å². The lowest BCUT2D eigenvalue weighted by Crippen LogP contribution is -2.41. The Morgan fingerprint density at radius 2 is 1.75 bits per heavy atom. The second-order valence-corrected chi connectivity index (χ2v) is 3.30. The molecule has 0 spiro atoms. The Kier molecular flexibility index (Phi) is 8.24. The van der Waals surface area contributed by atoms with E-state index in [0.29, 0.717) is 6.54 Å². The van der Waals surface area contributed by atoms with Crippen molar-refractivity contribution < 1.29 is 14.4 Å². The largest absolute Gasteiger partial charge is 0.356 e. The van der Waals surface area contributed by atoms with Crippen molar-refractivity contribution in [2.75, 3.05) is 19.0 Å². The second kappa shape index (κ2) is 8.96. The summed E-state index contributed by atoms with van der Waals surface area (Å²) in [6, 6.07) is -0.644. The quantitative estimate of drug-likeness (QED) is 0.578. The molecule has 4 amide bonds. The first-order chi connectivity index (χ1) is 7.60. The Bertz CT molecular complexity index is 258. The molecule has 0 heterocycles. The maximum absolute atomic E-state index is 11.1. The minimum atomic E-state index is -0.644. The van der Waals surface area contributed by atoms with Crippen molar-refractivity contribution in [2.24, 2.45) is 0 Å². The number of hydrogen-bond acceptors (Lipinski definition) is 3. The van der Waals surface area contributed by atoms with E-state index >= 15 is 0 Å². The number of carbonyl (C=O) groups excluding carboxylic acids is 3. The SMILES string of the molecule is CCCNC(=O)CCNC(=O)NC(=O)CCl. The van der Waals surface area contributed by atoms with Crippen LogP contribution in [0.3, 0.4) is 0 Å². The van der Waals surface area contributed by atoms with Crippen LogP contribution in [0.15, 0.2) is 0 Å². The lowest BCUT2D eigenvalue weighted by molar-refractivity contribution is -0.121. The lowest BCUT2D eigenvalue weighted by Gasteiger charge is -2.05. The van der Waals surface area contributed by atoms with E-state index in [1.807, 2.05) is 12.2 Å². The van der Waals surface area contributed by atoms with Gasteiger partial charge in [0.05, 0.1) is 0 Å². The van der Waals surface area contributed by atoms with E-state index < -0.39 is 11.9 Å². The molecule has 0 aromatic heterocycles. The zero-order valence-electron chi connectivity index (χ0n) is 9.14. The Labute approximate surface area is 99.1 Å². The van der Waals surface area contributed by atoms with E-state index in [-0.39, 0.29) is 24.8 Å². The number of alkyl halides is 1. The fourth-order valence-corrected chi connectivity index (χ4v) is 0.913. The van der Waals surface area contributed by atoms with Crippen LogP contribution in [-0.4, -0.2) is 36.8 Å². The number of nitrogens with one attached hydrogen (secondary N) is 3. The molecule has 0 saturated heterocycles. The first kappa shape index (κ1) is 14.7. The molecule has 16 heavy (non-hydrogen) atoms. The number of halogens is 1. The highest BCUT2D eigenvalue weighted by Gasteiger charge is 2.06. The third-order valence-corrected chi connectivity index (χ3v) is 1.83. The molecule has 0 aromatic carbocycles. The molecular formula is C9H16ClN3O3. The molecule has 0 saturated carbocycles. The van der Waals surface area contributed by atoms with Crippen molar-refractivity contribution >= 4 is 29.4 Å². The number of carbonyl (C=O) groups is 3. The van der Waals surface area contributed by atoms with E-state index in [1.165, 1.54) is 0 Å². The van der Waals surface area contributed by atoms with Crippen molar-refractivity contribution in [1.82, 2.24) is 16.0 Å². The van der Waals surface area contributed by atoms with Crippen molar-refractivity contribution in [3.8, 4) is 0 Å². The third-order valence-electron chi connectivity index (χ3n) is 1.58. The van der Waals surface area contributed by atoms with Gasteiger partial charge < -0.3 is 10.6 Å². The Morgan fingerprint density at radius 3 is 2.31 bits per heavy atom. The molecule has 0 rings (SSSR count). The van der Waals surface area contributed by atoms with Gasteiger partial charge >= 0.3 is 6.03 Å². The summed E-state index contributed by atoms with van der Waals surface area (Å²) < 4.78 is 0. The van der Waals surface area contributed by atoms with E-state index in [0.717, 1.165) is 6.42 Å². The standard InChI is InChI=1S/C9H16ClN3O3/c1-2-4-11-7(14)3-5-12-9(16)13-8(15)6-10/h2-6H2,1H3,(H,11,14)(H2,12,13,15,16). The van der Waals surface area contributed by atoms with Crippen LogP contribution < -0.4 is 16.0 Å². The number of amides is 4. The zero-order valence-corrected chi connectivity index (χ0v) is 9.89. The second-order valence-electron chi connectivity index (χ2n) is 3.04. The molecule has 7 heteroatoms. The van der Waals surface area contributed by atoms with Gasteiger partial charge in [-0.1, -0.05) is 6.92 Å². The summed E-state index contributed by atoms with van der Waals surface area (Å²) in [5.74, 6) is -0.981. The average Bonchev–Trinajstić information content (AvgIpc) is 2.26. The highest BCUT2D eigenvalue weighted by molar-refractivity contribution is 6.28. The van der Waals surface area contributed by atoms with Gasteiger partial charge in [0, 0.05) is 19.5 Å². The van der Waals surface area contributed by atoms with Crippen LogP contribution in [0.5, 0.6) is 0 Å². The summed E-state index contributed by atoms with van der Waals surface area (Å²) in [7, 11) is 0. The van der Waals surface area contributed by atoms with Crippen molar-refractivity contribution in [1.29, 1.82) is 0 Å². The smallest absolute Gasteiger partial charge is 0.321 e. The van der Waals surface area contributed by atoms with Gasteiger partial charge in [-0.2, -0.15) is 0 Å². The van der Waals surface area contributed by atoms with Crippen LogP contribution in [0.25, 0.3) is 0 Å². The fraction of sp³-hybridized carbons (Fsp3) is 0.667. The average molecular weight is 250 g/mol. The number of rotatable bonds is 6. The summed E-state index contributed by atoms with van der Waals surface area (Å²) in [4.78, 5) is 32.7. The van der Waals surface area contributed by atoms with Crippen LogP contribution in [0.4, 0.5) is 4.79 Å². The predicted molar refractivity (Wildman–Crippen MR) is 60.2 cm³/mol.